The van der Waals surface area contributed by atoms with Gasteiger partial charge in [-0.05, 0) is 25.3 Å². The van der Waals surface area contributed by atoms with Gasteiger partial charge in [-0.2, -0.15) is 13.2 Å². The van der Waals surface area contributed by atoms with Crippen LogP contribution in [0.3, 0.4) is 0 Å². The van der Waals surface area contributed by atoms with Gasteiger partial charge >= 0.3 is 6.18 Å². The molecule has 7 nitrogen and oxygen atoms in total. The van der Waals surface area contributed by atoms with Crippen LogP contribution in [0.5, 0.6) is 0 Å². The molecule has 10 heteroatoms. The van der Waals surface area contributed by atoms with Crippen LogP contribution < -0.4 is 15.5 Å². The minimum atomic E-state index is -4.71. The molecule has 0 saturated carbocycles. The van der Waals surface area contributed by atoms with Crippen molar-refractivity contribution in [2.75, 3.05) is 31.1 Å². The largest absolute Gasteiger partial charge is 0.418 e. The van der Waals surface area contributed by atoms with Gasteiger partial charge in [-0.15, -0.1) is 0 Å². The van der Waals surface area contributed by atoms with Crippen molar-refractivity contribution in [3.8, 4) is 0 Å². The van der Waals surface area contributed by atoms with Crippen LogP contribution in [-0.4, -0.2) is 42.5 Å². The summed E-state index contributed by atoms with van der Waals surface area (Å²) in [6.07, 6.45) is -0.846. The number of nitrogens with one attached hydrogen (secondary N) is 1. The van der Waals surface area contributed by atoms with E-state index in [1.54, 1.807) is 4.90 Å². The number of benzene rings is 1. The highest BCUT2D eigenvalue weighted by atomic mass is 19.4. The van der Waals surface area contributed by atoms with E-state index in [9.17, 15) is 28.1 Å². The van der Waals surface area contributed by atoms with Crippen molar-refractivity contribution in [2.24, 2.45) is 5.73 Å². The molecule has 154 valence electrons. The molecular formula is C18H24F3N4O3+. The van der Waals surface area contributed by atoms with E-state index >= 15 is 0 Å². The first-order chi connectivity index (χ1) is 13.1. The third-order valence-corrected chi connectivity index (χ3v) is 6.06. The Labute approximate surface area is 160 Å². The number of halogens is 3. The van der Waals surface area contributed by atoms with Gasteiger partial charge in [0.05, 0.1) is 23.6 Å². The van der Waals surface area contributed by atoms with Gasteiger partial charge in [0.2, 0.25) is 0 Å². The molecule has 0 atom stereocenters. The van der Waals surface area contributed by atoms with E-state index in [2.05, 4.69) is 0 Å². The molecule has 2 aliphatic rings. The number of rotatable bonds is 4. The summed E-state index contributed by atoms with van der Waals surface area (Å²) in [6, 6.07) is 2.80. The van der Waals surface area contributed by atoms with Gasteiger partial charge in [-0.1, -0.05) is 0 Å². The molecule has 0 aromatic heterocycles. The number of hydrogen-bond acceptors (Lipinski definition) is 4. The minimum absolute atomic E-state index is 0.0928. The predicted molar refractivity (Wildman–Crippen MR) is 96.0 cm³/mol. The van der Waals surface area contributed by atoms with E-state index in [0.717, 1.165) is 49.4 Å². The normalized spacial score (nSPS) is 20.8. The fourth-order valence-electron chi connectivity index (χ4n) is 4.50. The quantitative estimate of drug-likeness (QED) is 0.591. The van der Waals surface area contributed by atoms with E-state index in [-0.39, 0.29) is 18.8 Å². The number of piperidine rings is 2. The van der Waals surface area contributed by atoms with Gasteiger partial charge in [0.15, 0.2) is 5.54 Å². The number of nitro groups is 1. The Morgan fingerprint density at radius 3 is 2.29 bits per heavy atom. The van der Waals surface area contributed by atoms with Crippen LogP contribution in [0.15, 0.2) is 18.2 Å². The number of quaternary nitrogens is 1. The van der Waals surface area contributed by atoms with E-state index in [0.29, 0.717) is 18.9 Å². The molecular weight excluding hydrogens is 377 g/mol. The molecule has 2 heterocycles. The number of hydrogen-bond donors (Lipinski definition) is 2. The van der Waals surface area contributed by atoms with Crippen molar-refractivity contribution in [1.82, 2.24) is 0 Å². The summed E-state index contributed by atoms with van der Waals surface area (Å²) >= 11 is 0. The molecule has 0 bridgehead atoms. The van der Waals surface area contributed by atoms with Crippen LogP contribution in [0.1, 0.15) is 37.7 Å². The molecule has 3 N–H and O–H groups in total. The number of nitro benzene ring substituents is 1. The predicted octanol–water partition coefficient (Wildman–Crippen LogP) is 1.51. The van der Waals surface area contributed by atoms with Crippen molar-refractivity contribution >= 4 is 17.3 Å². The number of likely N-dealkylation sites (tertiary alicyclic amines) is 1. The highest BCUT2D eigenvalue weighted by Gasteiger charge is 2.49. The molecule has 1 amide bonds. The number of carbonyl (C=O) groups is 1. The lowest BCUT2D eigenvalue weighted by molar-refractivity contribution is -0.947. The topological polar surface area (TPSA) is 93.9 Å². The van der Waals surface area contributed by atoms with Gasteiger partial charge in [-0.3, -0.25) is 14.9 Å². The van der Waals surface area contributed by atoms with Gasteiger partial charge < -0.3 is 15.5 Å². The lowest BCUT2D eigenvalue weighted by atomic mass is 9.83. The summed E-state index contributed by atoms with van der Waals surface area (Å²) < 4.78 is 40.5. The van der Waals surface area contributed by atoms with Crippen LogP contribution in [0, 0.1) is 10.1 Å². The van der Waals surface area contributed by atoms with Crippen molar-refractivity contribution in [1.29, 1.82) is 0 Å². The number of amides is 1. The lowest BCUT2D eigenvalue weighted by Gasteiger charge is -2.46. The number of anilines is 1. The average Bonchev–Trinajstić information content (AvgIpc) is 2.67. The molecule has 1 aromatic rings. The maximum Gasteiger partial charge on any atom is 0.418 e. The van der Waals surface area contributed by atoms with Crippen LogP contribution in [-0.2, 0) is 11.0 Å². The van der Waals surface area contributed by atoms with Crippen LogP contribution in [0.25, 0.3) is 0 Å². The summed E-state index contributed by atoms with van der Waals surface area (Å²) in [5, 5.41) is 10.9. The number of non-ortho nitro benzene ring substituents is 1. The second kappa shape index (κ2) is 7.57. The summed E-state index contributed by atoms with van der Waals surface area (Å²) in [5.74, 6) is -0.399. The Morgan fingerprint density at radius 2 is 1.79 bits per heavy atom. The van der Waals surface area contributed by atoms with Crippen molar-refractivity contribution in [2.45, 2.75) is 43.8 Å². The van der Waals surface area contributed by atoms with Crippen LogP contribution >= 0.6 is 0 Å². The van der Waals surface area contributed by atoms with E-state index in [1.807, 2.05) is 0 Å². The third kappa shape index (κ3) is 3.78. The fraction of sp³-hybridized carbons (Fsp3) is 0.611. The second-order valence-electron chi connectivity index (χ2n) is 7.55. The SMILES string of the molecule is NC(=O)C1([NH+]2CCCCC2)CCN(c2ccc([N+](=O)[O-])cc2C(F)(F)F)CC1. The van der Waals surface area contributed by atoms with Crippen LogP contribution in [0.4, 0.5) is 24.5 Å². The standard InChI is InChI=1S/C18H23F3N4O3/c19-18(20,21)14-12-13(25(27)28)4-5-15(14)23-10-6-17(7-11-23,16(22)26)24-8-2-1-3-9-24/h4-5,12H,1-3,6-11H2,(H2,22,26)/p+1. The third-order valence-electron chi connectivity index (χ3n) is 6.06. The Balaban J connectivity index is 1.86. The number of carbonyl (C=O) groups excluding carboxylic acids is 1. The fourth-order valence-corrected chi connectivity index (χ4v) is 4.50. The molecule has 0 spiro atoms. The number of primary amides is 1. The number of nitrogens with zero attached hydrogens (tertiary/aromatic N) is 2. The number of nitrogens with two attached hydrogens (primary N) is 1. The summed E-state index contributed by atoms with van der Waals surface area (Å²) in [5.41, 5.74) is 3.26. The molecule has 2 fully saturated rings. The van der Waals surface area contributed by atoms with E-state index in [1.165, 1.54) is 0 Å². The van der Waals surface area contributed by atoms with E-state index in [4.69, 9.17) is 5.73 Å². The molecule has 0 aliphatic carbocycles. The Kier molecular flexibility index (Phi) is 5.51. The smallest absolute Gasteiger partial charge is 0.371 e. The number of alkyl halides is 3. The van der Waals surface area contributed by atoms with Crippen molar-refractivity contribution < 1.29 is 27.8 Å². The van der Waals surface area contributed by atoms with Gasteiger partial charge in [0.25, 0.3) is 11.6 Å². The maximum atomic E-state index is 13.5. The van der Waals surface area contributed by atoms with Gasteiger partial charge in [0.1, 0.15) is 0 Å². The average molecular weight is 401 g/mol. The zero-order valence-corrected chi connectivity index (χ0v) is 15.4. The minimum Gasteiger partial charge on any atom is -0.371 e. The first kappa shape index (κ1) is 20.4. The first-order valence-corrected chi connectivity index (χ1v) is 9.41. The molecule has 0 unspecified atom stereocenters. The Bertz CT molecular complexity index is 755. The molecule has 0 radical (unpaired) electrons. The molecule has 2 saturated heterocycles. The Hall–Kier alpha value is -2.36. The molecule has 3 rings (SSSR count). The molecule has 28 heavy (non-hydrogen) atoms. The zero-order valence-electron chi connectivity index (χ0n) is 15.4. The monoisotopic (exact) mass is 401 g/mol. The highest BCUT2D eigenvalue weighted by Crippen LogP contribution is 2.40. The van der Waals surface area contributed by atoms with Gasteiger partial charge in [-0.25, -0.2) is 0 Å². The van der Waals surface area contributed by atoms with Crippen LogP contribution in [0.2, 0.25) is 0 Å². The van der Waals surface area contributed by atoms with E-state index < -0.39 is 33.8 Å². The second-order valence-corrected chi connectivity index (χ2v) is 7.55. The van der Waals surface area contributed by atoms with Crippen molar-refractivity contribution in [3.05, 3.63) is 33.9 Å². The summed E-state index contributed by atoms with van der Waals surface area (Å²) in [6.45, 7) is 2.17. The first-order valence-electron chi connectivity index (χ1n) is 9.41. The summed E-state index contributed by atoms with van der Waals surface area (Å²) in [4.78, 5) is 25.0. The van der Waals surface area contributed by atoms with Gasteiger partial charge in [0, 0.05) is 43.8 Å². The molecule has 2 aliphatic heterocycles. The Morgan fingerprint density at radius 1 is 1.18 bits per heavy atom. The lowest BCUT2D eigenvalue weighted by Crippen LogP contribution is -3.22. The highest BCUT2D eigenvalue weighted by molar-refractivity contribution is 5.83. The van der Waals surface area contributed by atoms with Crippen molar-refractivity contribution in [3.63, 3.8) is 0 Å². The maximum absolute atomic E-state index is 13.5. The zero-order chi connectivity index (χ0) is 20.5. The summed E-state index contributed by atoms with van der Waals surface area (Å²) in [7, 11) is 0. The molecule has 1 aromatic carbocycles.